The predicted octanol–water partition coefficient (Wildman–Crippen LogP) is 17.3. The average molecular weight is 857 g/mol. The van der Waals surface area contributed by atoms with Crippen molar-refractivity contribution in [1.82, 2.24) is 0 Å². The van der Waals surface area contributed by atoms with Crippen molar-refractivity contribution in [2.24, 2.45) is 0 Å². The molecule has 0 bridgehead atoms. The predicted molar refractivity (Wildman–Crippen MR) is 261 cm³/mol. The number of carbonyl (C=O) groups is 3. The summed E-state index contributed by atoms with van der Waals surface area (Å²) in [7, 11) is 0. The lowest BCUT2D eigenvalue weighted by Gasteiger charge is -2.18. The summed E-state index contributed by atoms with van der Waals surface area (Å²) < 4.78 is 16.8. The Morgan fingerprint density at radius 1 is 0.328 bits per heavy atom. The second kappa shape index (κ2) is 50.3. The molecule has 6 heteroatoms. The SMILES string of the molecule is CCCCC/C=C\C/C=C\CCCCCCCCCC(=O)OCC(COC(=O)CCCCCCCCCCCCC)OC(=O)CCCCCCC/C=C\CCCCCCCC. The zero-order valence-electron chi connectivity index (χ0n) is 40.7. The summed E-state index contributed by atoms with van der Waals surface area (Å²) in [5, 5.41) is 0. The molecule has 6 nitrogen and oxygen atoms in total. The van der Waals surface area contributed by atoms with Crippen LogP contribution in [-0.4, -0.2) is 37.2 Å². The lowest BCUT2D eigenvalue weighted by Crippen LogP contribution is -2.30. The Balaban J connectivity index is 4.36. The topological polar surface area (TPSA) is 78.9 Å². The molecule has 0 rings (SSSR count). The molecule has 0 heterocycles. The molecule has 0 N–H and O–H groups in total. The smallest absolute Gasteiger partial charge is 0.306 e. The highest BCUT2D eigenvalue weighted by Gasteiger charge is 2.19. The van der Waals surface area contributed by atoms with Crippen molar-refractivity contribution >= 4 is 17.9 Å². The van der Waals surface area contributed by atoms with Gasteiger partial charge in [-0.3, -0.25) is 14.4 Å². The molecule has 61 heavy (non-hydrogen) atoms. The van der Waals surface area contributed by atoms with E-state index >= 15 is 0 Å². The Hall–Kier alpha value is -2.37. The van der Waals surface area contributed by atoms with Crippen LogP contribution in [0.15, 0.2) is 36.5 Å². The number of esters is 3. The molecule has 356 valence electrons. The van der Waals surface area contributed by atoms with Crippen LogP contribution >= 0.6 is 0 Å². The van der Waals surface area contributed by atoms with E-state index in [1.807, 2.05) is 0 Å². The maximum Gasteiger partial charge on any atom is 0.306 e. The van der Waals surface area contributed by atoms with E-state index in [4.69, 9.17) is 14.2 Å². The van der Waals surface area contributed by atoms with E-state index in [2.05, 4.69) is 57.2 Å². The van der Waals surface area contributed by atoms with E-state index in [0.717, 1.165) is 77.0 Å². The fraction of sp³-hybridized carbons (Fsp3) is 0.836. The number of hydrogen-bond acceptors (Lipinski definition) is 6. The highest BCUT2D eigenvalue weighted by atomic mass is 16.6. The van der Waals surface area contributed by atoms with Crippen LogP contribution in [0.3, 0.4) is 0 Å². The van der Waals surface area contributed by atoms with Gasteiger partial charge in [0.2, 0.25) is 0 Å². The van der Waals surface area contributed by atoms with Crippen molar-refractivity contribution in [1.29, 1.82) is 0 Å². The Morgan fingerprint density at radius 3 is 0.951 bits per heavy atom. The van der Waals surface area contributed by atoms with Crippen LogP contribution in [0, 0.1) is 0 Å². The summed E-state index contributed by atoms with van der Waals surface area (Å²) in [4.78, 5) is 38.0. The van der Waals surface area contributed by atoms with Gasteiger partial charge in [-0.05, 0) is 77.0 Å². The number of allylic oxidation sites excluding steroid dienone is 6. The largest absolute Gasteiger partial charge is 0.462 e. The van der Waals surface area contributed by atoms with E-state index in [-0.39, 0.29) is 31.1 Å². The molecule has 0 aromatic rings. The standard InChI is InChI=1S/C55H100O6/c1-4-7-10-13-16-19-22-24-26-27-29-30-33-36-39-42-45-48-54(57)60-51-52(50-59-53(56)47-44-41-38-35-32-21-18-15-12-9-6-3)61-55(58)49-46-43-40-37-34-31-28-25-23-20-17-14-11-8-5-2/h16,19,24-26,28,52H,4-15,17-18,20-23,27,29-51H2,1-3H3/b19-16-,26-24-,28-25-. The summed E-state index contributed by atoms with van der Waals surface area (Å²) in [6, 6.07) is 0. The van der Waals surface area contributed by atoms with Crippen molar-refractivity contribution < 1.29 is 28.6 Å². The number of hydrogen-bond donors (Lipinski definition) is 0. The van der Waals surface area contributed by atoms with Crippen molar-refractivity contribution in [2.75, 3.05) is 13.2 Å². The first-order valence-electron chi connectivity index (χ1n) is 26.5. The number of unbranched alkanes of at least 4 members (excludes halogenated alkanes) is 31. The van der Waals surface area contributed by atoms with Crippen LogP contribution in [0.2, 0.25) is 0 Å². The van der Waals surface area contributed by atoms with Crippen molar-refractivity contribution in [3.05, 3.63) is 36.5 Å². The highest BCUT2D eigenvalue weighted by Crippen LogP contribution is 2.15. The Morgan fingerprint density at radius 2 is 0.590 bits per heavy atom. The molecule has 0 aromatic carbocycles. The van der Waals surface area contributed by atoms with Gasteiger partial charge in [0.15, 0.2) is 6.10 Å². The lowest BCUT2D eigenvalue weighted by molar-refractivity contribution is -0.167. The van der Waals surface area contributed by atoms with Gasteiger partial charge in [0.05, 0.1) is 0 Å². The number of ether oxygens (including phenoxy) is 3. The fourth-order valence-corrected chi connectivity index (χ4v) is 7.59. The molecule has 0 aromatic heterocycles. The van der Waals surface area contributed by atoms with E-state index < -0.39 is 6.10 Å². The van der Waals surface area contributed by atoms with Crippen LogP contribution in [0.4, 0.5) is 0 Å². The molecular weight excluding hydrogens is 757 g/mol. The summed E-state index contributed by atoms with van der Waals surface area (Å²) in [5.41, 5.74) is 0. The minimum atomic E-state index is -0.775. The minimum absolute atomic E-state index is 0.0752. The molecular formula is C55H100O6. The first-order valence-corrected chi connectivity index (χ1v) is 26.5. The highest BCUT2D eigenvalue weighted by molar-refractivity contribution is 5.71. The molecule has 0 fully saturated rings. The molecule has 0 amide bonds. The van der Waals surface area contributed by atoms with Gasteiger partial charge in [-0.1, -0.05) is 218 Å². The summed E-state index contributed by atoms with van der Waals surface area (Å²) in [6.07, 6.45) is 58.4. The maximum absolute atomic E-state index is 12.8. The van der Waals surface area contributed by atoms with Crippen LogP contribution in [0.1, 0.15) is 278 Å². The van der Waals surface area contributed by atoms with Crippen molar-refractivity contribution in [3.63, 3.8) is 0 Å². The Kier molecular flexibility index (Phi) is 48.3. The zero-order chi connectivity index (χ0) is 44.4. The second-order valence-electron chi connectivity index (χ2n) is 17.8. The normalized spacial score (nSPS) is 12.2. The van der Waals surface area contributed by atoms with Gasteiger partial charge in [-0.15, -0.1) is 0 Å². The quantitative estimate of drug-likeness (QED) is 0.0262. The summed E-state index contributed by atoms with van der Waals surface area (Å²) in [6.45, 7) is 6.61. The molecule has 0 aliphatic rings. The molecule has 0 spiro atoms. The number of carbonyl (C=O) groups excluding carboxylic acids is 3. The molecule has 0 saturated heterocycles. The van der Waals surface area contributed by atoms with Gasteiger partial charge in [0, 0.05) is 19.3 Å². The van der Waals surface area contributed by atoms with Crippen LogP contribution < -0.4 is 0 Å². The van der Waals surface area contributed by atoms with Crippen LogP contribution in [-0.2, 0) is 28.6 Å². The third-order valence-electron chi connectivity index (χ3n) is 11.6. The van der Waals surface area contributed by atoms with Gasteiger partial charge in [-0.25, -0.2) is 0 Å². The average Bonchev–Trinajstić information content (AvgIpc) is 3.26. The number of rotatable bonds is 48. The Bertz CT molecular complexity index is 1030. The van der Waals surface area contributed by atoms with E-state index in [0.29, 0.717) is 19.3 Å². The van der Waals surface area contributed by atoms with Crippen molar-refractivity contribution in [2.45, 2.75) is 284 Å². The van der Waals surface area contributed by atoms with Gasteiger partial charge in [0.25, 0.3) is 0 Å². The molecule has 0 aliphatic heterocycles. The first-order chi connectivity index (χ1) is 30.0. The van der Waals surface area contributed by atoms with Crippen molar-refractivity contribution in [3.8, 4) is 0 Å². The molecule has 0 saturated carbocycles. The third-order valence-corrected chi connectivity index (χ3v) is 11.6. The Labute approximate surface area is 378 Å². The molecule has 1 atom stereocenters. The van der Waals surface area contributed by atoms with Gasteiger partial charge in [-0.2, -0.15) is 0 Å². The molecule has 0 radical (unpaired) electrons. The lowest BCUT2D eigenvalue weighted by atomic mass is 10.1. The zero-order valence-corrected chi connectivity index (χ0v) is 40.7. The van der Waals surface area contributed by atoms with Gasteiger partial charge >= 0.3 is 17.9 Å². The van der Waals surface area contributed by atoms with Crippen LogP contribution in [0.5, 0.6) is 0 Å². The molecule has 1 unspecified atom stereocenters. The summed E-state index contributed by atoms with van der Waals surface area (Å²) in [5.74, 6) is -0.882. The first kappa shape index (κ1) is 58.6. The third kappa shape index (κ3) is 48.5. The van der Waals surface area contributed by atoms with Gasteiger partial charge in [0.1, 0.15) is 13.2 Å². The second-order valence-corrected chi connectivity index (χ2v) is 17.8. The van der Waals surface area contributed by atoms with E-state index in [1.54, 1.807) is 0 Å². The summed E-state index contributed by atoms with van der Waals surface area (Å²) >= 11 is 0. The van der Waals surface area contributed by atoms with E-state index in [1.165, 1.54) is 161 Å². The van der Waals surface area contributed by atoms with E-state index in [9.17, 15) is 14.4 Å². The molecule has 0 aliphatic carbocycles. The van der Waals surface area contributed by atoms with Gasteiger partial charge < -0.3 is 14.2 Å². The monoisotopic (exact) mass is 857 g/mol. The maximum atomic E-state index is 12.8. The fourth-order valence-electron chi connectivity index (χ4n) is 7.59. The van der Waals surface area contributed by atoms with Crippen LogP contribution in [0.25, 0.3) is 0 Å². The minimum Gasteiger partial charge on any atom is -0.462 e.